The largest absolute Gasteiger partial charge is 0.638 e. The van der Waals surface area contributed by atoms with Crippen molar-refractivity contribution in [3.8, 4) is 0 Å². The van der Waals surface area contributed by atoms with E-state index in [9.17, 15) is 92.2 Å². The molecule has 0 aliphatic rings. The van der Waals surface area contributed by atoms with E-state index in [0.29, 0.717) is 0 Å². The predicted molar refractivity (Wildman–Crippen MR) is 61.9 cm³/mol. The van der Waals surface area contributed by atoms with Crippen molar-refractivity contribution in [3.05, 3.63) is 0 Å². The fourth-order valence-electron chi connectivity index (χ4n) is 1.75. The van der Waals surface area contributed by atoms with Gasteiger partial charge in [0, 0.05) is 0 Å². The molecule has 0 unspecified atom stereocenters. The molecule has 0 aliphatic carbocycles. The van der Waals surface area contributed by atoms with Crippen molar-refractivity contribution in [2.45, 2.75) is 59.7 Å². The summed E-state index contributed by atoms with van der Waals surface area (Å²) in [5, 5.41) is 15.6. The number of halogens is 21. The zero-order valence-corrected chi connectivity index (χ0v) is 14.8. The van der Waals surface area contributed by atoms with Crippen LogP contribution in [0.3, 0.4) is 0 Å². The minimum Gasteiger partial charge on any atom is -0.402 e. The lowest BCUT2D eigenvalue weighted by atomic mass is 9.87. The SMILES string of the molecule is OB(O)OC(F)(F)C(F)(F)C(F)(F)C(F)(F)C(F)(F)C(F)(F)C(F)(F)C(F)(F)C(F)(F)C(F)(F)F. The van der Waals surface area contributed by atoms with Crippen LogP contribution in [0, 0.1) is 0 Å². The van der Waals surface area contributed by atoms with Gasteiger partial charge >= 0.3 is 67.0 Å². The van der Waals surface area contributed by atoms with Gasteiger partial charge in [0.15, 0.2) is 0 Å². The molecular weight excluding hydrogens is 578 g/mol. The molecule has 0 aromatic carbocycles. The van der Waals surface area contributed by atoms with Crippen LogP contribution in [0.2, 0.25) is 0 Å². The van der Waals surface area contributed by atoms with Gasteiger partial charge in [0.1, 0.15) is 0 Å². The topological polar surface area (TPSA) is 49.7 Å². The van der Waals surface area contributed by atoms with Gasteiger partial charge in [-0.1, -0.05) is 0 Å². The molecule has 0 amide bonds. The first-order valence-electron chi connectivity index (χ1n) is 7.17. The highest BCUT2D eigenvalue weighted by molar-refractivity contribution is 6.32. The first-order chi connectivity index (χ1) is 14.7. The Labute approximate surface area is 175 Å². The van der Waals surface area contributed by atoms with Crippen molar-refractivity contribution < 1.29 is 107 Å². The maximum Gasteiger partial charge on any atom is 0.638 e. The fourth-order valence-corrected chi connectivity index (χ4v) is 1.75. The Kier molecular flexibility index (Phi) is 7.88. The third kappa shape index (κ3) is 4.23. The van der Waals surface area contributed by atoms with Crippen molar-refractivity contribution in [2.24, 2.45) is 0 Å². The summed E-state index contributed by atoms with van der Waals surface area (Å²) in [5.74, 6) is -71.5. The summed E-state index contributed by atoms with van der Waals surface area (Å²) in [4.78, 5) is 0. The first kappa shape index (κ1) is 33.5. The molecule has 0 spiro atoms. The van der Waals surface area contributed by atoms with E-state index in [4.69, 9.17) is 10.0 Å². The Hall–Kier alpha value is -1.53. The molecular formula is C10H2BF21O3. The molecule has 0 bridgehead atoms. The van der Waals surface area contributed by atoms with Crippen LogP contribution in [0.15, 0.2) is 0 Å². The van der Waals surface area contributed by atoms with Gasteiger partial charge in [-0.3, -0.25) is 0 Å². The van der Waals surface area contributed by atoms with E-state index >= 15 is 0 Å². The van der Waals surface area contributed by atoms with Crippen LogP contribution in [0.4, 0.5) is 92.2 Å². The molecule has 3 nitrogen and oxygen atoms in total. The molecule has 0 radical (unpaired) electrons. The van der Waals surface area contributed by atoms with E-state index in [-0.39, 0.29) is 0 Å². The summed E-state index contributed by atoms with van der Waals surface area (Å²) in [7, 11) is -4.35. The van der Waals surface area contributed by atoms with E-state index in [0.717, 1.165) is 0 Å². The van der Waals surface area contributed by atoms with Crippen molar-refractivity contribution in [2.75, 3.05) is 0 Å². The highest BCUT2D eigenvalue weighted by atomic mass is 19.4. The molecule has 0 fully saturated rings. The molecule has 210 valence electrons. The minimum absolute atomic E-state index is 1.88. The second-order valence-corrected chi connectivity index (χ2v) is 6.05. The maximum atomic E-state index is 13.3. The van der Waals surface area contributed by atoms with Crippen molar-refractivity contribution in [1.29, 1.82) is 0 Å². The molecule has 0 atom stereocenters. The molecule has 35 heavy (non-hydrogen) atoms. The van der Waals surface area contributed by atoms with Gasteiger partial charge in [-0.25, -0.2) is 0 Å². The Morgan fingerprint density at radius 3 is 0.743 bits per heavy atom. The third-order valence-corrected chi connectivity index (χ3v) is 3.74. The predicted octanol–water partition coefficient (Wildman–Crippen LogP) is 5.21. The summed E-state index contributed by atoms with van der Waals surface area (Å²) in [6.07, 6.45) is -15.6. The average molecular weight is 580 g/mol. The quantitative estimate of drug-likeness (QED) is 0.276. The van der Waals surface area contributed by atoms with Crippen LogP contribution >= 0.6 is 0 Å². The smallest absolute Gasteiger partial charge is 0.402 e. The molecule has 0 aliphatic heterocycles. The second kappa shape index (κ2) is 8.24. The van der Waals surface area contributed by atoms with E-state index in [2.05, 4.69) is 0 Å². The van der Waals surface area contributed by atoms with Crippen molar-refractivity contribution in [3.63, 3.8) is 0 Å². The van der Waals surface area contributed by atoms with E-state index < -0.39 is 67.0 Å². The summed E-state index contributed by atoms with van der Waals surface area (Å²) in [6.45, 7) is 0. The Morgan fingerprint density at radius 1 is 0.343 bits per heavy atom. The normalized spacial score (nSPS) is 16.5. The number of alkyl halides is 21. The van der Waals surface area contributed by atoms with Crippen molar-refractivity contribution >= 4 is 7.32 Å². The average Bonchev–Trinajstić information content (AvgIpc) is 2.58. The van der Waals surface area contributed by atoms with E-state index in [1.807, 2.05) is 4.65 Å². The van der Waals surface area contributed by atoms with E-state index in [1.54, 1.807) is 0 Å². The minimum atomic E-state index is -9.27. The van der Waals surface area contributed by atoms with Gasteiger partial charge in [-0.15, -0.1) is 0 Å². The van der Waals surface area contributed by atoms with Gasteiger partial charge in [0.05, 0.1) is 0 Å². The van der Waals surface area contributed by atoms with Crippen LogP contribution in [0.25, 0.3) is 0 Å². The van der Waals surface area contributed by atoms with Crippen LogP contribution in [-0.4, -0.2) is 77.0 Å². The maximum absolute atomic E-state index is 13.3. The van der Waals surface area contributed by atoms with Gasteiger partial charge in [0.25, 0.3) is 0 Å². The van der Waals surface area contributed by atoms with Gasteiger partial charge in [-0.2, -0.15) is 92.2 Å². The lowest BCUT2D eigenvalue weighted by Crippen LogP contribution is -2.77. The highest BCUT2D eigenvalue weighted by Crippen LogP contribution is 2.66. The third-order valence-electron chi connectivity index (χ3n) is 3.74. The Morgan fingerprint density at radius 2 is 0.543 bits per heavy atom. The van der Waals surface area contributed by atoms with Crippen LogP contribution < -0.4 is 0 Å². The molecule has 0 rings (SSSR count). The molecule has 2 N–H and O–H groups in total. The molecule has 0 heterocycles. The number of hydrogen-bond donors (Lipinski definition) is 2. The summed E-state index contributed by atoms with van der Waals surface area (Å²) in [6, 6.07) is 0. The Balaban J connectivity index is 7.03. The molecule has 0 aromatic heterocycles. The summed E-state index contributed by atoms with van der Waals surface area (Å²) < 4.78 is 273. The number of hydrogen-bond acceptors (Lipinski definition) is 3. The number of rotatable bonds is 10. The Bertz CT molecular complexity index is 770. The lowest BCUT2D eigenvalue weighted by Gasteiger charge is -2.44. The fraction of sp³-hybridized carbons (Fsp3) is 1.00. The molecule has 0 saturated heterocycles. The molecule has 0 aromatic rings. The van der Waals surface area contributed by atoms with Crippen molar-refractivity contribution in [1.82, 2.24) is 0 Å². The monoisotopic (exact) mass is 580 g/mol. The van der Waals surface area contributed by atoms with Gasteiger partial charge < -0.3 is 14.7 Å². The van der Waals surface area contributed by atoms with Crippen LogP contribution in [0.5, 0.6) is 0 Å². The molecule has 0 saturated carbocycles. The lowest BCUT2D eigenvalue weighted by molar-refractivity contribution is -0.481. The van der Waals surface area contributed by atoms with Crippen LogP contribution in [-0.2, 0) is 4.65 Å². The highest BCUT2D eigenvalue weighted by Gasteiger charge is 2.98. The van der Waals surface area contributed by atoms with Crippen LogP contribution in [0.1, 0.15) is 0 Å². The summed E-state index contributed by atoms with van der Waals surface area (Å²) in [5.41, 5.74) is 0. The standard InChI is InChI=1S/C10H2BF21O3/c12-1(13,3(16,17)5(20,21)7(24,25)9(28,29)30)2(14,15)4(18,19)6(22,23)8(26,27)10(31,32)35-11(33)34/h33-34H. The van der Waals surface area contributed by atoms with Gasteiger partial charge in [-0.05, 0) is 0 Å². The van der Waals surface area contributed by atoms with E-state index in [1.165, 1.54) is 0 Å². The zero-order valence-electron chi connectivity index (χ0n) is 14.8. The summed E-state index contributed by atoms with van der Waals surface area (Å²) >= 11 is 0. The second-order valence-electron chi connectivity index (χ2n) is 6.05. The molecule has 25 heteroatoms. The van der Waals surface area contributed by atoms with Gasteiger partial charge in [0.2, 0.25) is 0 Å². The zero-order chi connectivity index (χ0) is 29.3. The first-order valence-corrected chi connectivity index (χ1v) is 7.17.